The van der Waals surface area contributed by atoms with Crippen LogP contribution in [0, 0.1) is 30.3 Å². The van der Waals surface area contributed by atoms with E-state index in [2.05, 4.69) is 4.98 Å². The fourth-order valence-electron chi connectivity index (χ4n) is 2.34. The Bertz CT molecular complexity index is 877. The van der Waals surface area contributed by atoms with Gasteiger partial charge in [-0.1, -0.05) is 12.1 Å². The minimum absolute atomic E-state index is 0.142. The van der Waals surface area contributed by atoms with Crippen molar-refractivity contribution in [2.24, 2.45) is 0 Å². The van der Waals surface area contributed by atoms with Crippen LogP contribution in [0.15, 0.2) is 30.3 Å². The molecule has 0 aliphatic heterocycles. The minimum atomic E-state index is -0.893. The number of halogens is 2. The molecule has 0 spiro atoms. The van der Waals surface area contributed by atoms with E-state index in [9.17, 15) is 8.78 Å². The Morgan fingerprint density at radius 3 is 2.60 bits per heavy atom. The largest absolute Gasteiger partial charge is 0.330 e. The number of aromatic amines is 1. The molecule has 0 saturated carbocycles. The zero-order valence-electron chi connectivity index (χ0n) is 11.0. The minimum Gasteiger partial charge on any atom is -0.330 e. The van der Waals surface area contributed by atoms with Crippen molar-refractivity contribution in [1.29, 1.82) is 0 Å². The lowest BCUT2D eigenvalue weighted by Gasteiger charge is -2.11. The second-order valence-electron chi connectivity index (χ2n) is 4.74. The number of hydrogen-bond acceptors (Lipinski definition) is 1. The molecule has 0 saturated heterocycles. The third-order valence-corrected chi connectivity index (χ3v) is 3.84. The summed E-state index contributed by atoms with van der Waals surface area (Å²) in [6.07, 6.45) is 0. The molecule has 0 aliphatic carbocycles. The second kappa shape index (κ2) is 4.52. The fourth-order valence-corrected chi connectivity index (χ4v) is 2.64. The highest BCUT2D eigenvalue weighted by atomic mass is 32.1. The molecular formula is C15H12F2N2S. The number of aromatic nitrogens is 2. The van der Waals surface area contributed by atoms with Crippen LogP contribution in [0.3, 0.4) is 0 Å². The summed E-state index contributed by atoms with van der Waals surface area (Å²) in [7, 11) is 0. The second-order valence-corrected chi connectivity index (χ2v) is 5.13. The van der Waals surface area contributed by atoms with Crippen molar-refractivity contribution in [1.82, 2.24) is 9.55 Å². The lowest BCUT2D eigenvalue weighted by atomic mass is 10.1. The van der Waals surface area contributed by atoms with E-state index in [-0.39, 0.29) is 5.52 Å². The monoisotopic (exact) mass is 290 g/mol. The highest BCUT2D eigenvalue weighted by molar-refractivity contribution is 7.71. The van der Waals surface area contributed by atoms with Crippen molar-refractivity contribution in [3.63, 3.8) is 0 Å². The Morgan fingerprint density at radius 2 is 1.85 bits per heavy atom. The van der Waals surface area contributed by atoms with Crippen molar-refractivity contribution < 1.29 is 8.78 Å². The first-order chi connectivity index (χ1) is 9.50. The number of hydrogen-bond donors (Lipinski definition) is 1. The Morgan fingerprint density at radius 1 is 1.10 bits per heavy atom. The molecule has 3 rings (SSSR count). The number of H-pyrrole nitrogens is 1. The summed E-state index contributed by atoms with van der Waals surface area (Å²) >= 11 is 5.26. The summed E-state index contributed by atoms with van der Waals surface area (Å²) in [4.78, 5) is 2.91. The average Bonchev–Trinajstić information content (AvgIpc) is 2.75. The van der Waals surface area contributed by atoms with Crippen LogP contribution < -0.4 is 0 Å². The molecule has 0 radical (unpaired) electrons. The lowest BCUT2D eigenvalue weighted by Crippen LogP contribution is -2.00. The highest BCUT2D eigenvalue weighted by Gasteiger charge is 2.16. The SMILES string of the molecule is Cc1cccc(-n2c(=S)[nH]c3ccc(F)c(F)c32)c1C. The Hall–Kier alpha value is -2.01. The molecule has 1 heterocycles. The van der Waals surface area contributed by atoms with Crippen LogP contribution in [-0.4, -0.2) is 9.55 Å². The van der Waals surface area contributed by atoms with Crippen molar-refractivity contribution in [2.75, 3.05) is 0 Å². The molecule has 2 nitrogen and oxygen atoms in total. The Labute approximate surface area is 119 Å². The van der Waals surface area contributed by atoms with E-state index in [1.807, 2.05) is 32.0 Å². The first-order valence-corrected chi connectivity index (χ1v) is 6.57. The molecule has 0 amide bonds. The molecule has 1 N–H and O–H groups in total. The quantitative estimate of drug-likeness (QED) is 0.650. The average molecular weight is 290 g/mol. The van der Waals surface area contributed by atoms with Gasteiger partial charge in [0.25, 0.3) is 0 Å². The van der Waals surface area contributed by atoms with Gasteiger partial charge in [-0.05, 0) is 55.4 Å². The summed E-state index contributed by atoms with van der Waals surface area (Å²) in [6.45, 7) is 3.90. The first-order valence-electron chi connectivity index (χ1n) is 6.16. The summed E-state index contributed by atoms with van der Waals surface area (Å²) in [5.74, 6) is -1.78. The van der Waals surface area contributed by atoms with Crippen LogP contribution >= 0.6 is 12.2 Å². The maximum Gasteiger partial charge on any atom is 0.184 e. The van der Waals surface area contributed by atoms with Gasteiger partial charge >= 0.3 is 0 Å². The predicted molar refractivity (Wildman–Crippen MR) is 77.8 cm³/mol. The lowest BCUT2D eigenvalue weighted by molar-refractivity contribution is 0.514. The van der Waals surface area contributed by atoms with Crippen LogP contribution in [-0.2, 0) is 0 Å². The van der Waals surface area contributed by atoms with E-state index in [1.165, 1.54) is 6.07 Å². The third-order valence-electron chi connectivity index (χ3n) is 3.55. The van der Waals surface area contributed by atoms with Gasteiger partial charge in [-0.3, -0.25) is 4.57 Å². The van der Waals surface area contributed by atoms with Crippen LogP contribution in [0.4, 0.5) is 8.78 Å². The summed E-state index contributed by atoms with van der Waals surface area (Å²) in [5.41, 5.74) is 3.42. The number of rotatable bonds is 1. The number of fused-ring (bicyclic) bond motifs is 1. The van der Waals surface area contributed by atoms with Gasteiger partial charge in [0.2, 0.25) is 0 Å². The molecule has 2 aromatic carbocycles. The van der Waals surface area contributed by atoms with E-state index in [0.717, 1.165) is 22.9 Å². The number of benzene rings is 2. The number of imidazole rings is 1. The van der Waals surface area contributed by atoms with Crippen LogP contribution in [0.5, 0.6) is 0 Å². The summed E-state index contributed by atoms with van der Waals surface area (Å²) in [6, 6.07) is 8.26. The van der Waals surface area contributed by atoms with Crippen LogP contribution in [0.2, 0.25) is 0 Å². The molecule has 0 aliphatic rings. The molecule has 3 aromatic rings. The Kier molecular flexibility index (Phi) is 2.94. The first kappa shape index (κ1) is 13.0. The van der Waals surface area contributed by atoms with Crippen LogP contribution in [0.25, 0.3) is 16.7 Å². The van der Waals surface area contributed by atoms with Gasteiger partial charge in [-0.25, -0.2) is 8.78 Å². The predicted octanol–water partition coefficient (Wildman–Crippen LogP) is 4.58. The van der Waals surface area contributed by atoms with Gasteiger partial charge in [-0.2, -0.15) is 0 Å². The topological polar surface area (TPSA) is 20.7 Å². The molecule has 20 heavy (non-hydrogen) atoms. The number of nitrogens with one attached hydrogen (secondary N) is 1. The molecule has 0 unspecified atom stereocenters. The van der Waals surface area contributed by atoms with E-state index in [0.29, 0.717) is 10.3 Å². The van der Waals surface area contributed by atoms with Crippen LogP contribution in [0.1, 0.15) is 11.1 Å². The van der Waals surface area contributed by atoms with Crippen molar-refractivity contribution in [2.45, 2.75) is 13.8 Å². The van der Waals surface area contributed by atoms with Gasteiger partial charge in [0.1, 0.15) is 5.52 Å². The molecule has 0 bridgehead atoms. The molecule has 5 heteroatoms. The van der Waals surface area contributed by atoms with Gasteiger partial charge in [0, 0.05) is 0 Å². The smallest absolute Gasteiger partial charge is 0.184 e. The van der Waals surface area contributed by atoms with Gasteiger partial charge in [0.15, 0.2) is 16.4 Å². The molecule has 0 atom stereocenters. The van der Waals surface area contributed by atoms with Gasteiger partial charge < -0.3 is 4.98 Å². The third kappa shape index (κ3) is 1.78. The van der Waals surface area contributed by atoms with Gasteiger partial charge in [-0.15, -0.1) is 0 Å². The van der Waals surface area contributed by atoms with E-state index in [4.69, 9.17) is 12.2 Å². The number of nitrogens with zero attached hydrogens (tertiary/aromatic N) is 1. The molecule has 0 fully saturated rings. The molecule has 102 valence electrons. The number of aryl methyl sites for hydroxylation is 1. The summed E-state index contributed by atoms with van der Waals surface area (Å²) < 4.78 is 29.5. The van der Waals surface area contributed by atoms with E-state index < -0.39 is 11.6 Å². The van der Waals surface area contributed by atoms with E-state index in [1.54, 1.807) is 4.57 Å². The van der Waals surface area contributed by atoms with Crippen molar-refractivity contribution in [3.8, 4) is 5.69 Å². The maximum absolute atomic E-state index is 14.1. The van der Waals surface area contributed by atoms with Crippen molar-refractivity contribution in [3.05, 3.63) is 57.9 Å². The summed E-state index contributed by atoms with van der Waals surface area (Å²) in [5, 5.41) is 0. The maximum atomic E-state index is 14.1. The normalized spacial score (nSPS) is 11.2. The Balaban J connectivity index is 2.48. The molecular weight excluding hydrogens is 278 g/mol. The van der Waals surface area contributed by atoms with Gasteiger partial charge in [0.05, 0.1) is 11.2 Å². The van der Waals surface area contributed by atoms with Crippen molar-refractivity contribution >= 4 is 23.3 Å². The standard InChI is InChI=1S/C15H12F2N2S/c1-8-4-3-5-12(9(8)2)19-14-11(18-15(19)20)7-6-10(16)13(14)17/h3-7H,1-2H3,(H,18,20). The fraction of sp³-hybridized carbons (Fsp3) is 0.133. The van der Waals surface area contributed by atoms with E-state index >= 15 is 0 Å². The zero-order chi connectivity index (χ0) is 14.4. The zero-order valence-corrected chi connectivity index (χ0v) is 11.8. The highest BCUT2D eigenvalue weighted by Crippen LogP contribution is 2.26. The molecule has 1 aromatic heterocycles.